The standard InChI is InChI=1S/C21H42N2/c1-5-18(6-2)14-15-19(7-3,8-4)21(23,16-18)17-20(22)12-10-9-11-13-20/h5-17,22-23H2,1-4H3. The molecule has 0 aromatic carbocycles. The molecule has 0 saturated heterocycles. The summed E-state index contributed by atoms with van der Waals surface area (Å²) in [5, 5.41) is 0. The molecule has 2 saturated carbocycles. The zero-order valence-corrected chi connectivity index (χ0v) is 16.3. The van der Waals surface area contributed by atoms with Crippen LogP contribution in [0.4, 0.5) is 0 Å². The van der Waals surface area contributed by atoms with Crippen LogP contribution in [0.1, 0.15) is 111 Å². The predicted molar refractivity (Wildman–Crippen MR) is 101 cm³/mol. The van der Waals surface area contributed by atoms with Crippen LogP contribution in [0, 0.1) is 10.8 Å². The van der Waals surface area contributed by atoms with Gasteiger partial charge in [-0.15, -0.1) is 0 Å². The minimum absolute atomic E-state index is 0.00679. The van der Waals surface area contributed by atoms with Crippen LogP contribution in [0.15, 0.2) is 0 Å². The second-order valence-electron chi connectivity index (χ2n) is 9.13. The Hall–Kier alpha value is -0.0800. The zero-order chi connectivity index (χ0) is 17.2. The van der Waals surface area contributed by atoms with Gasteiger partial charge in [-0.1, -0.05) is 59.8 Å². The summed E-state index contributed by atoms with van der Waals surface area (Å²) in [7, 11) is 0. The zero-order valence-electron chi connectivity index (χ0n) is 16.3. The molecule has 0 aromatic heterocycles. The summed E-state index contributed by atoms with van der Waals surface area (Å²) in [5.74, 6) is 0. The Bertz CT molecular complexity index is 375. The van der Waals surface area contributed by atoms with Crippen molar-refractivity contribution in [3.05, 3.63) is 0 Å². The van der Waals surface area contributed by atoms with Crippen LogP contribution in [0.2, 0.25) is 0 Å². The van der Waals surface area contributed by atoms with Crippen LogP contribution in [0.5, 0.6) is 0 Å². The first-order chi connectivity index (χ1) is 10.8. The molecule has 0 heterocycles. The average Bonchev–Trinajstić information content (AvgIpc) is 2.55. The van der Waals surface area contributed by atoms with E-state index in [2.05, 4.69) is 27.7 Å². The van der Waals surface area contributed by atoms with Crippen LogP contribution in [-0.4, -0.2) is 11.1 Å². The Morgan fingerprint density at radius 3 is 1.74 bits per heavy atom. The fourth-order valence-electron chi connectivity index (χ4n) is 6.17. The van der Waals surface area contributed by atoms with Gasteiger partial charge in [0.2, 0.25) is 0 Å². The van der Waals surface area contributed by atoms with Crippen molar-refractivity contribution >= 4 is 0 Å². The molecule has 2 nitrogen and oxygen atoms in total. The van der Waals surface area contributed by atoms with Crippen LogP contribution in [0.3, 0.4) is 0 Å². The molecular formula is C21H42N2. The molecule has 136 valence electrons. The van der Waals surface area contributed by atoms with Crippen molar-refractivity contribution in [1.82, 2.24) is 0 Å². The van der Waals surface area contributed by atoms with Gasteiger partial charge in [0.1, 0.15) is 0 Å². The maximum absolute atomic E-state index is 7.32. The molecule has 2 rings (SSSR count). The first kappa shape index (κ1) is 19.2. The minimum atomic E-state index is -0.0765. The van der Waals surface area contributed by atoms with E-state index in [0.29, 0.717) is 10.8 Å². The molecule has 1 unspecified atom stereocenters. The number of rotatable bonds is 6. The molecule has 0 aliphatic heterocycles. The highest BCUT2D eigenvalue weighted by atomic mass is 14.9. The van der Waals surface area contributed by atoms with E-state index in [1.165, 1.54) is 77.0 Å². The summed E-state index contributed by atoms with van der Waals surface area (Å²) in [6, 6.07) is 0. The Morgan fingerprint density at radius 2 is 1.26 bits per heavy atom. The van der Waals surface area contributed by atoms with Crippen molar-refractivity contribution in [1.29, 1.82) is 0 Å². The summed E-state index contributed by atoms with van der Waals surface area (Å²) in [5.41, 5.74) is 14.9. The smallest absolute Gasteiger partial charge is 0.0234 e. The number of hydrogen-bond donors (Lipinski definition) is 2. The van der Waals surface area contributed by atoms with E-state index < -0.39 is 0 Å². The van der Waals surface area contributed by atoms with E-state index in [1.807, 2.05) is 0 Å². The molecule has 2 fully saturated rings. The van der Waals surface area contributed by atoms with E-state index in [1.54, 1.807) is 0 Å². The Morgan fingerprint density at radius 1 is 0.696 bits per heavy atom. The highest BCUT2D eigenvalue weighted by Gasteiger charge is 2.55. The van der Waals surface area contributed by atoms with E-state index >= 15 is 0 Å². The SMILES string of the molecule is CCC1(CC)CCC(CC)(CC)C(N)(CC2(N)CCCCC2)C1. The lowest BCUT2D eigenvalue weighted by Gasteiger charge is -2.60. The lowest BCUT2D eigenvalue weighted by atomic mass is 9.48. The highest BCUT2D eigenvalue weighted by Crippen LogP contribution is 2.58. The molecule has 4 N–H and O–H groups in total. The third kappa shape index (κ3) is 3.49. The molecule has 2 heteroatoms. The number of nitrogens with two attached hydrogens (primary N) is 2. The fourth-order valence-corrected chi connectivity index (χ4v) is 6.17. The average molecular weight is 323 g/mol. The molecule has 0 spiro atoms. The van der Waals surface area contributed by atoms with Crippen LogP contribution < -0.4 is 11.5 Å². The first-order valence-electron chi connectivity index (χ1n) is 10.4. The molecule has 0 amide bonds. The van der Waals surface area contributed by atoms with E-state index in [4.69, 9.17) is 11.5 Å². The van der Waals surface area contributed by atoms with Gasteiger partial charge in [0.25, 0.3) is 0 Å². The third-order valence-electron chi connectivity index (χ3n) is 8.25. The largest absolute Gasteiger partial charge is 0.325 e. The third-order valence-corrected chi connectivity index (χ3v) is 8.25. The Kier molecular flexibility index (Phi) is 5.89. The van der Waals surface area contributed by atoms with Gasteiger partial charge in [0.05, 0.1) is 0 Å². The van der Waals surface area contributed by atoms with Crippen molar-refractivity contribution in [3.8, 4) is 0 Å². The summed E-state index contributed by atoms with van der Waals surface area (Å²) in [6.07, 6.45) is 16.2. The second-order valence-corrected chi connectivity index (χ2v) is 9.13. The monoisotopic (exact) mass is 322 g/mol. The van der Waals surface area contributed by atoms with E-state index in [-0.39, 0.29) is 11.1 Å². The molecule has 2 aliphatic rings. The van der Waals surface area contributed by atoms with Crippen molar-refractivity contribution in [2.45, 2.75) is 122 Å². The predicted octanol–water partition coefficient (Wildman–Crippen LogP) is 5.53. The molecule has 0 bridgehead atoms. The van der Waals surface area contributed by atoms with Gasteiger partial charge < -0.3 is 11.5 Å². The molecule has 1 atom stereocenters. The van der Waals surface area contributed by atoms with E-state index in [0.717, 1.165) is 6.42 Å². The fraction of sp³-hybridized carbons (Fsp3) is 1.00. The number of hydrogen-bond acceptors (Lipinski definition) is 2. The lowest BCUT2D eigenvalue weighted by Crippen LogP contribution is -2.65. The normalized spacial score (nSPS) is 32.6. The van der Waals surface area contributed by atoms with Gasteiger partial charge in [-0.05, 0) is 62.2 Å². The maximum atomic E-state index is 7.32. The van der Waals surface area contributed by atoms with Gasteiger partial charge in [-0.25, -0.2) is 0 Å². The lowest BCUT2D eigenvalue weighted by molar-refractivity contribution is -0.0433. The molecular weight excluding hydrogens is 280 g/mol. The topological polar surface area (TPSA) is 52.0 Å². The first-order valence-corrected chi connectivity index (χ1v) is 10.4. The highest BCUT2D eigenvalue weighted by molar-refractivity contribution is 5.12. The van der Waals surface area contributed by atoms with Crippen molar-refractivity contribution in [3.63, 3.8) is 0 Å². The maximum Gasteiger partial charge on any atom is 0.0234 e. The Labute approximate surface area is 145 Å². The quantitative estimate of drug-likeness (QED) is 0.675. The van der Waals surface area contributed by atoms with Crippen LogP contribution in [-0.2, 0) is 0 Å². The molecule has 0 radical (unpaired) electrons. The molecule has 0 aromatic rings. The van der Waals surface area contributed by atoms with Gasteiger partial charge >= 0.3 is 0 Å². The van der Waals surface area contributed by atoms with Crippen molar-refractivity contribution in [2.24, 2.45) is 22.3 Å². The Balaban J connectivity index is 2.32. The molecule has 23 heavy (non-hydrogen) atoms. The van der Waals surface area contributed by atoms with E-state index in [9.17, 15) is 0 Å². The van der Waals surface area contributed by atoms with Crippen molar-refractivity contribution in [2.75, 3.05) is 0 Å². The summed E-state index contributed by atoms with van der Waals surface area (Å²) < 4.78 is 0. The van der Waals surface area contributed by atoms with Crippen LogP contribution >= 0.6 is 0 Å². The van der Waals surface area contributed by atoms with Gasteiger partial charge in [0.15, 0.2) is 0 Å². The van der Waals surface area contributed by atoms with Crippen molar-refractivity contribution < 1.29 is 0 Å². The van der Waals surface area contributed by atoms with Gasteiger partial charge in [0, 0.05) is 11.1 Å². The summed E-state index contributed by atoms with van der Waals surface area (Å²) in [6.45, 7) is 9.46. The van der Waals surface area contributed by atoms with Gasteiger partial charge in [-0.3, -0.25) is 0 Å². The summed E-state index contributed by atoms with van der Waals surface area (Å²) >= 11 is 0. The summed E-state index contributed by atoms with van der Waals surface area (Å²) in [4.78, 5) is 0. The van der Waals surface area contributed by atoms with Crippen LogP contribution in [0.25, 0.3) is 0 Å². The second kappa shape index (κ2) is 7.04. The van der Waals surface area contributed by atoms with Gasteiger partial charge in [-0.2, -0.15) is 0 Å². The minimum Gasteiger partial charge on any atom is -0.325 e. The molecule has 2 aliphatic carbocycles.